The van der Waals surface area contributed by atoms with Gasteiger partial charge in [0.25, 0.3) is 5.91 Å². The first-order valence-electron chi connectivity index (χ1n) is 8.77. The van der Waals surface area contributed by atoms with Crippen LogP contribution in [0.1, 0.15) is 34.6 Å². The molecule has 0 N–H and O–H groups in total. The number of aromatic nitrogens is 1. The minimum Gasteiger partial charge on any atom is -0.343 e. The van der Waals surface area contributed by atoms with Crippen molar-refractivity contribution in [1.82, 2.24) is 9.88 Å². The molecule has 160 valence electrons. The summed E-state index contributed by atoms with van der Waals surface area (Å²) in [5.41, 5.74) is -0.840. The Morgan fingerprint density at radius 3 is 2.47 bits per heavy atom. The number of anilines is 1. The maximum Gasteiger partial charge on any atom is 0.416 e. The molecule has 1 aromatic carbocycles. The van der Waals surface area contributed by atoms with E-state index in [1.165, 1.54) is 50.2 Å². The molecule has 0 bridgehead atoms. The standard InChI is InChI=1S/C19H18F3N3O4S/c1-11(12-5-4-6-13(9-12)19(20,21)22)25-16(26)10-30(28,29)15-8-7-14(23-17(15)25)18(27)24(2)3/h4-9,11H,10H2,1-3H3. The van der Waals surface area contributed by atoms with E-state index >= 15 is 0 Å². The SMILES string of the molecule is CC(c1cccc(C(F)(F)F)c1)N1C(=O)CS(=O)(=O)c2ccc(C(=O)N(C)C)nc21. The molecule has 0 saturated heterocycles. The van der Waals surface area contributed by atoms with Crippen LogP contribution in [0, 0.1) is 0 Å². The third kappa shape index (κ3) is 3.89. The van der Waals surface area contributed by atoms with Crippen LogP contribution in [0.25, 0.3) is 0 Å². The van der Waals surface area contributed by atoms with Crippen molar-refractivity contribution >= 4 is 27.5 Å². The summed E-state index contributed by atoms with van der Waals surface area (Å²) in [6.07, 6.45) is -4.58. The Balaban J connectivity index is 2.15. The number of halogens is 3. The number of sulfone groups is 1. The number of hydrogen-bond acceptors (Lipinski definition) is 5. The first-order chi connectivity index (χ1) is 13.8. The minimum atomic E-state index is -4.58. The smallest absolute Gasteiger partial charge is 0.343 e. The van der Waals surface area contributed by atoms with Crippen LogP contribution < -0.4 is 4.90 Å². The number of benzene rings is 1. The summed E-state index contributed by atoms with van der Waals surface area (Å²) in [6, 6.07) is 5.89. The lowest BCUT2D eigenvalue weighted by Crippen LogP contribution is -2.43. The number of amides is 2. The summed E-state index contributed by atoms with van der Waals surface area (Å²) >= 11 is 0. The fraction of sp³-hybridized carbons (Fsp3) is 0.316. The fourth-order valence-corrected chi connectivity index (χ4v) is 4.47. The molecule has 0 radical (unpaired) electrons. The Morgan fingerprint density at radius 2 is 1.87 bits per heavy atom. The van der Waals surface area contributed by atoms with Crippen LogP contribution in [0.15, 0.2) is 41.3 Å². The van der Waals surface area contributed by atoms with E-state index in [4.69, 9.17) is 0 Å². The van der Waals surface area contributed by atoms with Gasteiger partial charge in [0.15, 0.2) is 15.7 Å². The van der Waals surface area contributed by atoms with E-state index in [2.05, 4.69) is 4.98 Å². The van der Waals surface area contributed by atoms with Gasteiger partial charge in [-0.25, -0.2) is 13.4 Å². The van der Waals surface area contributed by atoms with Crippen molar-refractivity contribution in [2.45, 2.75) is 24.0 Å². The topological polar surface area (TPSA) is 87.7 Å². The average Bonchev–Trinajstić information content (AvgIpc) is 2.65. The normalized spacial score (nSPS) is 16.7. The van der Waals surface area contributed by atoms with Gasteiger partial charge in [0.1, 0.15) is 16.3 Å². The molecule has 30 heavy (non-hydrogen) atoms. The third-order valence-electron chi connectivity index (χ3n) is 4.69. The number of carbonyl (C=O) groups is 2. The van der Waals surface area contributed by atoms with Crippen LogP contribution in [0.3, 0.4) is 0 Å². The number of hydrogen-bond donors (Lipinski definition) is 0. The lowest BCUT2D eigenvalue weighted by Gasteiger charge is -2.33. The first-order valence-corrected chi connectivity index (χ1v) is 10.4. The van der Waals surface area contributed by atoms with Crippen molar-refractivity contribution in [3.63, 3.8) is 0 Å². The van der Waals surface area contributed by atoms with E-state index in [1.54, 1.807) is 0 Å². The maximum atomic E-state index is 13.1. The molecule has 1 aromatic heterocycles. The quantitative estimate of drug-likeness (QED) is 0.731. The van der Waals surface area contributed by atoms with Gasteiger partial charge in [0.05, 0.1) is 11.6 Å². The molecule has 2 aromatic rings. The highest BCUT2D eigenvalue weighted by atomic mass is 32.2. The van der Waals surface area contributed by atoms with E-state index in [0.29, 0.717) is 0 Å². The molecule has 0 aliphatic carbocycles. The first kappa shape index (κ1) is 21.8. The lowest BCUT2D eigenvalue weighted by molar-refractivity contribution is -0.137. The number of nitrogens with zero attached hydrogens (tertiary/aromatic N) is 3. The molecular formula is C19H18F3N3O4S. The second-order valence-electron chi connectivity index (χ2n) is 7.04. The third-order valence-corrected chi connectivity index (χ3v) is 6.31. The summed E-state index contributed by atoms with van der Waals surface area (Å²) in [5.74, 6) is -2.47. The van der Waals surface area contributed by atoms with Crippen molar-refractivity contribution in [2.24, 2.45) is 0 Å². The van der Waals surface area contributed by atoms with Gasteiger partial charge >= 0.3 is 6.18 Å². The average molecular weight is 441 g/mol. The summed E-state index contributed by atoms with van der Waals surface area (Å²) < 4.78 is 64.2. The predicted octanol–water partition coefficient (Wildman–Crippen LogP) is 2.68. The fourth-order valence-electron chi connectivity index (χ4n) is 3.15. The summed E-state index contributed by atoms with van der Waals surface area (Å²) in [4.78, 5) is 31.0. The highest BCUT2D eigenvalue weighted by Crippen LogP contribution is 2.37. The molecule has 2 heterocycles. The Hall–Kier alpha value is -2.95. The number of carbonyl (C=O) groups excluding carboxylic acids is 2. The molecule has 2 amide bonds. The second-order valence-corrected chi connectivity index (χ2v) is 9.00. The molecule has 7 nitrogen and oxygen atoms in total. The Kier molecular flexibility index (Phi) is 5.35. The molecule has 0 saturated carbocycles. The maximum absolute atomic E-state index is 13.1. The molecule has 0 fully saturated rings. The molecule has 0 spiro atoms. The van der Waals surface area contributed by atoms with Gasteiger partial charge in [-0.15, -0.1) is 0 Å². The van der Waals surface area contributed by atoms with Gasteiger partial charge in [-0.3, -0.25) is 14.5 Å². The Bertz CT molecular complexity index is 1130. The Morgan fingerprint density at radius 1 is 1.20 bits per heavy atom. The number of fused-ring (bicyclic) bond motifs is 1. The zero-order chi connectivity index (χ0) is 22.4. The predicted molar refractivity (Wildman–Crippen MR) is 102 cm³/mol. The van der Waals surface area contributed by atoms with Gasteiger partial charge in [-0.05, 0) is 36.8 Å². The van der Waals surface area contributed by atoms with E-state index in [1.807, 2.05) is 0 Å². The monoisotopic (exact) mass is 441 g/mol. The van der Waals surface area contributed by atoms with Crippen LogP contribution in [0.2, 0.25) is 0 Å². The summed E-state index contributed by atoms with van der Waals surface area (Å²) in [5, 5.41) is 0. The van der Waals surface area contributed by atoms with Crippen LogP contribution in [-0.2, 0) is 20.8 Å². The highest BCUT2D eigenvalue weighted by Gasteiger charge is 2.40. The highest BCUT2D eigenvalue weighted by molar-refractivity contribution is 7.92. The van der Waals surface area contributed by atoms with Crippen molar-refractivity contribution in [3.8, 4) is 0 Å². The van der Waals surface area contributed by atoms with Gasteiger partial charge < -0.3 is 4.90 Å². The van der Waals surface area contributed by atoms with Crippen molar-refractivity contribution < 1.29 is 31.2 Å². The molecule has 1 atom stereocenters. The van der Waals surface area contributed by atoms with Crippen molar-refractivity contribution in [1.29, 1.82) is 0 Å². The van der Waals surface area contributed by atoms with Crippen LogP contribution in [-0.4, -0.2) is 50.0 Å². The van der Waals surface area contributed by atoms with E-state index in [-0.39, 0.29) is 22.0 Å². The van der Waals surface area contributed by atoms with Gasteiger partial charge in [-0.2, -0.15) is 13.2 Å². The van der Waals surface area contributed by atoms with E-state index in [9.17, 15) is 31.2 Å². The van der Waals surface area contributed by atoms with Crippen LogP contribution >= 0.6 is 0 Å². The minimum absolute atomic E-state index is 0.0927. The van der Waals surface area contributed by atoms with Crippen molar-refractivity contribution in [2.75, 3.05) is 24.7 Å². The molecule has 1 unspecified atom stereocenters. The molecular weight excluding hydrogens is 423 g/mol. The molecule has 11 heteroatoms. The van der Waals surface area contributed by atoms with E-state index in [0.717, 1.165) is 17.0 Å². The molecule has 1 aliphatic rings. The lowest BCUT2D eigenvalue weighted by atomic mass is 10.0. The zero-order valence-corrected chi connectivity index (χ0v) is 17.1. The Labute approximate surface area is 171 Å². The zero-order valence-electron chi connectivity index (χ0n) is 16.3. The van der Waals surface area contributed by atoms with E-state index < -0.39 is 45.2 Å². The largest absolute Gasteiger partial charge is 0.416 e. The number of pyridine rings is 1. The number of alkyl halides is 3. The molecule has 3 rings (SSSR count). The summed E-state index contributed by atoms with van der Waals surface area (Å²) in [7, 11) is -1.03. The number of rotatable bonds is 3. The van der Waals surface area contributed by atoms with Crippen LogP contribution in [0.5, 0.6) is 0 Å². The van der Waals surface area contributed by atoms with Crippen LogP contribution in [0.4, 0.5) is 19.0 Å². The van der Waals surface area contributed by atoms with Crippen molar-refractivity contribution in [3.05, 3.63) is 53.2 Å². The molecule has 1 aliphatic heterocycles. The van der Waals surface area contributed by atoms with Gasteiger partial charge in [0, 0.05) is 14.1 Å². The van der Waals surface area contributed by atoms with Gasteiger partial charge in [0.2, 0.25) is 5.91 Å². The van der Waals surface area contributed by atoms with Gasteiger partial charge in [-0.1, -0.05) is 12.1 Å². The summed E-state index contributed by atoms with van der Waals surface area (Å²) in [6.45, 7) is 1.47. The second kappa shape index (κ2) is 7.38.